The molecule has 0 radical (unpaired) electrons. The van der Waals surface area contributed by atoms with Gasteiger partial charge in [-0.1, -0.05) is 6.92 Å². The summed E-state index contributed by atoms with van der Waals surface area (Å²) in [4.78, 5) is 30.0. The molecule has 0 bridgehead atoms. The minimum atomic E-state index is -0.204. The van der Waals surface area contributed by atoms with Crippen LogP contribution in [0.15, 0.2) is 4.99 Å². The normalized spacial score (nSPS) is 34.1. The molecule has 1 aliphatic heterocycles. The molecule has 2 atom stereocenters. The number of hydrogen-bond acceptors (Lipinski definition) is 3. The summed E-state index contributed by atoms with van der Waals surface area (Å²) < 4.78 is 0. The standard InChI is InChI=1S/C13H21N3O2/c1-4-13(14-9-17)5-10-7-16(8-11(10)6-13)12(18)15(2)3/h10-11H,4-8H2,1-3H3. The van der Waals surface area contributed by atoms with Crippen molar-refractivity contribution in [1.29, 1.82) is 0 Å². The summed E-state index contributed by atoms with van der Waals surface area (Å²) in [5.41, 5.74) is -0.204. The smallest absolute Gasteiger partial charge is 0.319 e. The Morgan fingerprint density at radius 1 is 1.39 bits per heavy atom. The van der Waals surface area contributed by atoms with Gasteiger partial charge in [0, 0.05) is 27.2 Å². The van der Waals surface area contributed by atoms with Crippen molar-refractivity contribution >= 4 is 12.1 Å². The van der Waals surface area contributed by atoms with Crippen molar-refractivity contribution < 1.29 is 9.59 Å². The molecule has 1 saturated heterocycles. The van der Waals surface area contributed by atoms with E-state index in [0.717, 1.165) is 32.4 Å². The van der Waals surface area contributed by atoms with Gasteiger partial charge in [0.25, 0.3) is 0 Å². The lowest BCUT2D eigenvalue weighted by Crippen LogP contribution is -2.39. The molecule has 0 N–H and O–H groups in total. The van der Waals surface area contributed by atoms with Crippen LogP contribution in [0.1, 0.15) is 26.2 Å². The quantitative estimate of drug-likeness (QED) is 0.551. The molecular formula is C13H21N3O2. The van der Waals surface area contributed by atoms with Crippen LogP contribution in [-0.4, -0.2) is 54.6 Å². The highest BCUT2D eigenvalue weighted by molar-refractivity contribution is 5.74. The van der Waals surface area contributed by atoms with Crippen molar-refractivity contribution in [2.45, 2.75) is 31.7 Å². The van der Waals surface area contributed by atoms with Gasteiger partial charge in [0.15, 0.2) is 0 Å². The van der Waals surface area contributed by atoms with Gasteiger partial charge < -0.3 is 9.80 Å². The molecule has 0 spiro atoms. The van der Waals surface area contributed by atoms with Crippen molar-refractivity contribution in [3.05, 3.63) is 0 Å². The number of carbonyl (C=O) groups is 1. The van der Waals surface area contributed by atoms with Crippen molar-refractivity contribution in [1.82, 2.24) is 9.80 Å². The highest BCUT2D eigenvalue weighted by Crippen LogP contribution is 2.47. The zero-order valence-electron chi connectivity index (χ0n) is 11.3. The summed E-state index contributed by atoms with van der Waals surface area (Å²) in [7, 11) is 3.56. The molecule has 0 aromatic rings. The first-order chi connectivity index (χ1) is 8.51. The predicted molar refractivity (Wildman–Crippen MR) is 68.0 cm³/mol. The third-order valence-electron chi connectivity index (χ3n) is 4.45. The summed E-state index contributed by atoms with van der Waals surface area (Å²) in [5.74, 6) is 0.983. The molecule has 5 heteroatoms. The monoisotopic (exact) mass is 251 g/mol. The molecule has 2 rings (SSSR count). The molecule has 0 aromatic heterocycles. The zero-order valence-corrected chi connectivity index (χ0v) is 11.3. The van der Waals surface area contributed by atoms with E-state index >= 15 is 0 Å². The summed E-state index contributed by atoms with van der Waals surface area (Å²) in [5, 5.41) is 0. The van der Waals surface area contributed by atoms with E-state index in [2.05, 4.69) is 11.9 Å². The molecule has 5 nitrogen and oxygen atoms in total. The summed E-state index contributed by atoms with van der Waals surface area (Å²) in [6, 6.07) is 0.0883. The van der Waals surface area contributed by atoms with Crippen LogP contribution in [0.3, 0.4) is 0 Å². The molecule has 2 aliphatic rings. The van der Waals surface area contributed by atoms with Crippen LogP contribution < -0.4 is 0 Å². The van der Waals surface area contributed by atoms with Crippen LogP contribution in [0.2, 0.25) is 0 Å². The molecular weight excluding hydrogens is 230 g/mol. The van der Waals surface area contributed by atoms with E-state index in [1.54, 1.807) is 25.1 Å². The molecule has 2 unspecified atom stereocenters. The third kappa shape index (κ3) is 2.15. The Bertz CT molecular complexity index is 374. The fourth-order valence-corrected chi connectivity index (χ4v) is 3.46. The number of aliphatic imine (C=N–C) groups is 1. The number of carbonyl (C=O) groups excluding carboxylic acids is 2. The van der Waals surface area contributed by atoms with E-state index in [-0.39, 0.29) is 11.6 Å². The fraction of sp³-hybridized carbons (Fsp3) is 0.846. The average molecular weight is 251 g/mol. The van der Waals surface area contributed by atoms with E-state index in [0.29, 0.717) is 11.8 Å². The lowest BCUT2D eigenvalue weighted by atomic mass is 9.93. The highest BCUT2D eigenvalue weighted by Gasteiger charge is 2.49. The Kier molecular flexibility index (Phi) is 3.44. The number of fused-ring (bicyclic) bond motifs is 1. The Hall–Kier alpha value is -1.35. The maximum Gasteiger partial charge on any atom is 0.319 e. The van der Waals surface area contributed by atoms with Crippen LogP contribution in [0.4, 0.5) is 4.79 Å². The van der Waals surface area contributed by atoms with E-state index in [1.807, 2.05) is 4.90 Å². The number of likely N-dealkylation sites (tertiary alicyclic amines) is 1. The first kappa shape index (κ1) is 13.1. The summed E-state index contributed by atoms with van der Waals surface area (Å²) in [6.07, 6.45) is 4.45. The minimum absolute atomic E-state index is 0.0883. The second-order valence-corrected chi connectivity index (χ2v) is 5.79. The van der Waals surface area contributed by atoms with Crippen LogP contribution in [-0.2, 0) is 4.79 Å². The van der Waals surface area contributed by atoms with Gasteiger partial charge in [-0.3, -0.25) is 0 Å². The van der Waals surface area contributed by atoms with Gasteiger partial charge in [-0.05, 0) is 31.1 Å². The van der Waals surface area contributed by atoms with Crippen LogP contribution >= 0.6 is 0 Å². The number of amides is 2. The Morgan fingerprint density at radius 2 is 1.94 bits per heavy atom. The van der Waals surface area contributed by atoms with Gasteiger partial charge in [-0.25, -0.2) is 9.59 Å². The second-order valence-electron chi connectivity index (χ2n) is 5.79. The Balaban J connectivity index is 2.03. The highest BCUT2D eigenvalue weighted by atomic mass is 16.2. The lowest BCUT2D eigenvalue weighted by Gasteiger charge is -2.26. The number of rotatable bonds is 2. The number of isocyanates is 1. The van der Waals surface area contributed by atoms with Gasteiger partial charge in [-0.15, -0.1) is 0 Å². The minimum Gasteiger partial charge on any atom is -0.331 e. The molecule has 100 valence electrons. The molecule has 18 heavy (non-hydrogen) atoms. The van der Waals surface area contributed by atoms with Gasteiger partial charge in [0.2, 0.25) is 6.08 Å². The maximum absolute atomic E-state index is 11.9. The number of urea groups is 1. The van der Waals surface area contributed by atoms with Gasteiger partial charge in [-0.2, -0.15) is 4.99 Å². The molecule has 2 fully saturated rings. The van der Waals surface area contributed by atoms with Crippen molar-refractivity contribution in [2.24, 2.45) is 16.8 Å². The van der Waals surface area contributed by atoms with Crippen molar-refractivity contribution in [2.75, 3.05) is 27.2 Å². The summed E-state index contributed by atoms with van der Waals surface area (Å²) in [6.45, 7) is 3.68. The summed E-state index contributed by atoms with van der Waals surface area (Å²) >= 11 is 0. The second kappa shape index (κ2) is 4.73. The number of hydrogen-bond donors (Lipinski definition) is 0. The van der Waals surface area contributed by atoms with Gasteiger partial charge in [0.05, 0.1) is 5.54 Å². The molecule has 1 heterocycles. The maximum atomic E-state index is 11.9. The third-order valence-corrected chi connectivity index (χ3v) is 4.45. The first-order valence-electron chi connectivity index (χ1n) is 6.56. The van der Waals surface area contributed by atoms with E-state index in [1.165, 1.54) is 0 Å². The predicted octanol–water partition coefficient (Wildman–Crippen LogP) is 1.49. The number of nitrogens with zero attached hydrogens (tertiary/aromatic N) is 3. The van der Waals surface area contributed by atoms with Gasteiger partial charge >= 0.3 is 6.03 Å². The van der Waals surface area contributed by atoms with Crippen LogP contribution in [0, 0.1) is 11.8 Å². The average Bonchev–Trinajstić information content (AvgIpc) is 2.84. The van der Waals surface area contributed by atoms with Crippen LogP contribution in [0.25, 0.3) is 0 Å². The molecule has 1 saturated carbocycles. The SMILES string of the molecule is CCC1(N=C=O)CC2CN(C(=O)N(C)C)CC2C1. The van der Waals surface area contributed by atoms with E-state index < -0.39 is 0 Å². The van der Waals surface area contributed by atoms with E-state index in [9.17, 15) is 9.59 Å². The van der Waals surface area contributed by atoms with Gasteiger partial charge in [0.1, 0.15) is 0 Å². The molecule has 1 aliphatic carbocycles. The topological polar surface area (TPSA) is 53.0 Å². The molecule has 2 amide bonds. The zero-order chi connectivity index (χ0) is 13.3. The molecule has 0 aromatic carbocycles. The largest absolute Gasteiger partial charge is 0.331 e. The fourth-order valence-electron chi connectivity index (χ4n) is 3.46. The van der Waals surface area contributed by atoms with Crippen molar-refractivity contribution in [3.63, 3.8) is 0 Å². The Morgan fingerprint density at radius 3 is 2.33 bits per heavy atom. The van der Waals surface area contributed by atoms with Crippen molar-refractivity contribution in [3.8, 4) is 0 Å². The first-order valence-corrected chi connectivity index (χ1v) is 6.56. The Labute approximate surface area is 108 Å². The lowest BCUT2D eigenvalue weighted by molar-refractivity contribution is 0.176. The van der Waals surface area contributed by atoms with E-state index in [4.69, 9.17) is 0 Å². The van der Waals surface area contributed by atoms with Crippen LogP contribution in [0.5, 0.6) is 0 Å².